The van der Waals surface area contributed by atoms with E-state index in [4.69, 9.17) is 0 Å². The fourth-order valence-corrected chi connectivity index (χ4v) is 2.57. The first-order valence-electron chi connectivity index (χ1n) is 6.27. The molecule has 3 nitrogen and oxygen atoms in total. The maximum atomic E-state index is 4.61. The molecule has 1 aromatic rings. The molecule has 2 aliphatic rings. The van der Waals surface area contributed by atoms with Gasteiger partial charge in [-0.2, -0.15) is 0 Å². The van der Waals surface area contributed by atoms with Crippen molar-refractivity contribution >= 4 is 21.7 Å². The summed E-state index contributed by atoms with van der Waals surface area (Å²) >= 11 is 3.47. The van der Waals surface area contributed by atoms with Crippen molar-refractivity contribution in [3.05, 3.63) is 28.6 Å². The van der Waals surface area contributed by atoms with E-state index in [1.807, 2.05) is 6.07 Å². The van der Waals surface area contributed by atoms with Gasteiger partial charge in [0.2, 0.25) is 0 Å². The Labute approximate surface area is 110 Å². The lowest BCUT2D eigenvalue weighted by atomic mass is 10.0. The maximum Gasteiger partial charge on any atom is 0.135 e. The number of hydrogen-bond donors (Lipinski definition) is 1. The summed E-state index contributed by atoms with van der Waals surface area (Å²) in [6, 6.07) is 2.50. The van der Waals surface area contributed by atoms with Gasteiger partial charge >= 0.3 is 0 Å². The summed E-state index contributed by atoms with van der Waals surface area (Å²) in [6.07, 6.45) is 10.4. The Morgan fingerprint density at radius 1 is 1.18 bits per heavy atom. The lowest BCUT2D eigenvalue weighted by Crippen LogP contribution is -2.21. The molecule has 0 aliphatic heterocycles. The van der Waals surface area contributed by atoms with Crippen LogP contribution in [-0.4, -0.2) is 16.0 Å². The SMILES string of the molecule is Brc1cc(NC2CC=CCC2)nc(C2CC2)n1. The molecule has 1 N–H and O–H groups in total. The van der Waals surface area contributed by atoms with Crippen molar-refractivity contribution in [2.75, 3.05) is 5.32 Å². The highest BCUT2D eigenvalue weighted by Crippen LogP contribution is 2.38. The van der Waals surface area contributed by atoms with Crippen LogP contribution in [-0.2, 0) is 0 Å². The number of aromatic nitrogens is 2. The van der Waals surface area contributed by atoms with Gasteiger partial charge in [0.1, 0.15) is 16.2 Å². The van der Waals surface area contributed by atoms with Gasteiger partial charge in [0, 0.05) is 18.0 Å². The smallest absolute Gasteiger partial charge is 0.135 e. The zero-order chi connectivity index (χ0) is 11.7. The van der Waals surface area contributed by atoms with Gasteiger partial charge in [-0.15, -0.1) is 0 Å². The third-order valence-corrected chi connectivity index (χ3v) is 3.68. The molecule has 1 unspecified atom stereocenters. The van der Waals surface area contributed by atoms with E-state index in [0.29, 0.717) is 12.0 Å². The quantitative estimate of drug-likeness (QED) is 0.683. The fourth-order valence-electron chi connectivity index (χ4n) is 2.17. The van der Waals surface area contributed by atoms with E-state index in [0.717, 1.165) is 22.7 Å². The molecule has 3 rings (SSSR count). The molecule has 0 bridgehead atoms. The van der Waals surface area contributed by atoms with Gasteiger partial charge in [-0.05, 0) is 48.0 Å². The van der Waals surface area contributed by atoms with Crippen LogP contribution in [0.2, 0.25) is 0 Å². The predicted molar refractivity (Wildman–Crippen MR) is 72.1 cm³/mol. The van der Waals surface area contributed by atoms with Gasteiger partial charge in [-0.3, -0.25) is 0 Å². The Kier molecular flexibility index (Phi) is 3.14. The van der Waals surface area contributed by atoms with Gasteiger partial charge in [-0.25, -0.2) is 9.97 Å². The van der Waals surface area contributed by atoms with Crippen LogP contribution in [0, 0.1) is 0 Å². The monoisotopic (exact) mass is 293 g/mol. The minimum Gasteiger partial charge on any atom is -0.367 e. The Hall–Kier alpha value is -0.900. The zero-order valence-corrected chi connectivity index (χ0v) is 11.3. The van der Waals surface area contributed by atoms with Gasteiger partial charge < -0.3 is 5.32 Å². The second-order valence-electron chi connectivity index (χ2n) is 4.83. The predicted octanol–water partition coefficient (Wildman–Crippen LogP) is 3.64. The number of allylic oxidation sites excluding steroid dienone is 1. The molecule has 2 aliphatic carbocycles. The van der Waals surface area contributed by atoms with E-state index in [1.165, 1.54) is 25.7 Å². The molecular formula is C13H16BrN3. The van der Waals surface area contributed by atoms with Crippen LogP contribution in [0.5, 0.6) is 0 Å². The first-order chi connectivity index (χ1) is 8.31. The Morgan fingerprint density at radius 2 is 2.06 bits per heavy atom. The molecule has 17 heavy (non-hydrogen) atoms. The van der Waals surface area contributed by atoms with E-state index in [2.05, 4.69) is 43.4 Å². The summed E-state index contributed by atoms with van der Waals surface area (Å²) in [5.41, 5.74) is 0. The van der Waals surface area contributed by atoms with Crippen molar-refractivity contribution in [1.82, 2.24) is 9.97 Å². The number of anilines is 1. The first kappa shape index (κ1) is 11.2. The summed E-state index contributed by atoms with van der Waals surface area (Å²) in [4.78, 5) is 9.05. The van der Waals surface area contributed by atoms with E-state index < -0.39 is 0 Å². The third kappa shape index (κ3) is 2.86. The van der Waals surface area contributed by atoms with Gasteiger partial charge in [-0.1, -0.05) is 12.2 Å². The molecule has 1 heterocycles. The molecule has 90 valence electrons. The number of rotatable bonds is 3. The highest BCUT2D eigenvalue weighted by molar-refractivity contribution is 9.10. The Balaban J connectivity index is 1.75. The van der Waals surface area contributed by atoms with E-state index in [-0.39, 0.29) is 0 Å². The van der Waals surface area contributed by atoms with Crippen LogP contribution in [0.25, 0.3) is 0 Å². The molecule has 4 heteroatoms. The number of nitrogens with zero attached hydrogens (tertiary/aromatic N) is 2. The molecule has 1 fully saturated rings. The van der Waals surface area contributed by atoms with Gasteiger partial charge in [0.05, 0.1) is 0 Å². The summed E-state index contributed by atoms with van der Waals surface area (Å²) in [7, 11) is 0. The normalized spacial score (nSPS) is 23.7. The maximum absolute atomic E-state index is 4.61. The molecule has 0 radical (unpaired) electrons. The van der Waals surface area contributed by atoms with E-state index in [1.54, 1.807) is 0 Å². The largest absolute Gasteiger partial charge is 0.367 e. The van der Waals surface area contributed by atoms with Crippen LogP contribution in [0.15, 0.2) is 22.8 Å². The summed E-state index contributed by atoms with van der Waals surface area (Å²) < 4.78 is 0.892. The number of nitrogens with one attached hydrogen (secondary N) is 1. The van der Waals surface area contributed by atoms with Crippen LogP contribution in [0.1, 0.15) is 43.8 Å². The highest BCUT2D eigenvalue weighted by atomic mass is 79.9. The molecule has 0 aromatic carbocycles. The van der Waals surface area contributed by atoms with Crippen molar-refractivity contribution in [2.45, 2.75) is 44.1 Å². The average Bonchev–Trinajstić information content (AvgIpc) is 3.13. The molecule has 0 amide bonds. The summed E-state index contributed by atoms with van der Waals surface area (Å²) in [5.74, 6) is 2.56. The van der Waals surface area contributed by atoms with Crippen molar-refractivity contribution in [3.8, 4) is 0 Å². The highest BCUT2D eigenvalue weighted by Gasteiger charge is 2.27. The van der Waals surface area contributed by atoms with Crippen molar-refractivity contribution in [3.63, 3.8) is 0 Å². The molecule has 1 saturated carbocycles. The fraction of sp³-hybridized carbons (Fsp3) is 0.538. The summed E-state index contributed by atoms with van der Waals surface area (Å²) in [6.45, 7) is 0. The standard InChI is InChI=1S/C13H16BrN3/c14-11-8-12(15-10-4-2-1-3-5-10)17-13(16-11)9-6-7-9/h1-2,8-10H,3-7H2,(H,15,16,17). The van der Waals surface area contributed by atoms with Crippen LogP contribution in [0.3, 0.4) is 0 Å². The topological polar surface area (TPSA) is 37.8 Å². The van der Waals surface area contributed by atoms with Crippen LogP contribution < -0.4 is 5.32 Å². The average molecular weight is 294 g/mol. The number of halogens is 1. The van der Waals surface area contributed by atoms with Crippen molar-refractivity contribution < 1.29 is 0 Å². The third-order valence-electron chi connectivity index (χ3n) is 3.28. The minimum atomic E-state index is 0.522. The zero-order valence-electron chi connectivity index (χ0n) is 9.69. The van der Waals surface area contributed by atoms with E-state index >= 15 is 0 Å². The lowest BCUT2D eigenvalue weighted by molar-refractivity contribution is 0.641. The van der Waals surface area contributed by atoms with Crippen LogP contribution in [0.4, 0.5) is 5.82 Å². The molecule has 1 aromatic heterocycles. The Bertz CT molecular complexity index is 440. The van der Waals surface area contributed by atoms with Crippen molar-refractivity contribution in [1.29, 1.82) is 0 Å². The summed E-state index contributed by atoms with van der Waals surface area (Å²) in [5, 5.41) is 3.51. The molecule has 0 spiro atoms. The first-order valence-corrected chi connectivity index (χ1v) is 7.06. The van der Waals surface area contributed by atoms with Crippen molar-refractivity contribution in [2.24, 2.45) is 0 Å². The van der Waals surface area contributed by atoms with E-state index in [9.17, 15) is 0 Å². The van der Waals surface area contributed by atoms with Gasteiger partial charge in [0.25, 0.3) is 0 Å². The molecular weight excluding hydrogens is 278 g/mol. The number of hydrogen-bond acceptors (Lipinski definition) is 3. The molecule has 0 saturated heterocycles. The van der Waals surface area contributed by atoms with Gasteiger partial charge in [0.15, 0.2) is 0 Å². The minimum absolute atomic E-state index is 0.522. The molecule has 1 atom stereocenters. The Morgan fingerprint density at radius 3 is 2.76 bits per heavy atom. The lowest BCUT2D eigenvalue weighted by Gasteiger charge is -2.20. The van der Waals surface area contributed by atoms with Crippen LogP contribution >= 0.6 is 15.9 Å². The second kappa shape index (κ2) is 4.77. The second-order valence-corrected chi connectivity index (χ2v) is 5.65.